The van der Waals surface area contributed by atoms with Crippen molar-refractivity contribution in [3.63, 3.8) is 0 Å². The van der Waals surface area contributed by atoms with Crippen molar-refractivity contribution in [1.29, 1.82) is 0 Å². The third-order valence-electron chi connectivity index (χ3n) is 3.92. The Balaban J connectivity index is 2.21. The highest BCUT2D eigenvalue weighted by atomic mass is 16.2. The van der Waals surface area contributed by atoms with Gasteiger partial charge in [-0.25, -0.2) is 0 Å². The minimum Gasteiger partial charge on any atom is -0.450 e. The predicted molar refractivity (Wildman–Crippen MR) is 86.6 cm³/mol. The summed E-state index contributed by atoms with van der Waals surface area (Å²) in [5, 5.41) is 16.6. The van der Waals surface area contributed by atoms with Crippen LogP contribution < -0.4 is 5.46 Å². The molecular formula is C18H12BO. The zero-order chi connectivity index (χ0) is 13.5. The summed E-state index contributed by atoms with van der Waals surface area (Å²) in [6.45, 7) is 0. The molecule has 0 saturated carbocycles. The Morgan fingerprint density at radius 3 is 2.20 bits per heavy atom. The predicted octanol–water partition coefficient (Wildman–Crippen LogP) is 3.38. The zero-order valence-corrected chi connectivity index (χ0v) is 10.9. The molecule has 0 saturated heterocycles. The summed E-state index contributed by atoms with van der Waals surface area (Å²) in [6, 6.07) is 23.1. The highest BCUT2D eigenvalue weighted by Crippen LogP contribution is 2.28. The molecule has 2 heteroatoms. The molecule has 4 rings (SSSR count). The lowest BCUT2D eigenvalue weighted by Gasteiger charge is -2.08. The van der Waals surface area contributed by atoms with Crippen molar-refractivity contribution >= 4 is 45.3 Å². The third kappa shape index (κ3) is 1.62. The van der Waals surface area contributed by atoms with Gasteiger partial charge in [0.1, 0.15) is 0 Å². The number of rotatable bonds is 1. The van der Waals surface area contributed by atoms with E-state index in [0.717, 1.165) is 10.8 Å². The van der Waals surface area contributed by atoms with Crippen LogP contribution in [0.2, 0.25) is 0 Å². The van der Waals surface area contributed by atoms with Gasteiger partial charge >= 0.3 is 7.48 Å². The molecule has 4 aromatic rings. The van der Waals surface area contributed by atoms with Gasteiger partial charge in [0, 0.05) is 0 Å². The van der Waals surface area contributed by atoms with Crippen LogP contribution in [0.3, 0.4) is 0 Å². The molecule has 0 aromatic heterocycles. The van der Waals surface area contributed by atoms with E-state index in [-0.39, 0.29) is 0 Å². The van der Waals surface area contributed by atoms with E-state index in [1.165, 1.54) is 34.4 Å². The number of hydrogen-bond donors (Lipinski definition) is 1. The second kappa shape index (κ2) is 4.36. The third-order valence-corrected chi connectivity index (χ3v) is 3.92. The molecule has 0 unspecified atom stereocenters. The summed E-state index contributed by atoms with van der Waals surface area (Å²) in [4.78, 5) is 0. The normalized spacial score (nSPS) is 11.2. The number of benzene rings is 4. The lowest BCUT2D eigenvalue weighted by Crippen LogP contribution is -2.13. The van der Waals surface area contributed by atoms with E-state index < -0.39 is 0 Å². The van der Waals surface area contributed by atoms with Crippen molar-refractivity contribution in [2.24, 2.45) is 0 Å². The maximum absolute atomic E-state index is 9.35. The van der Waals surface area contributed by atoms with Crippen molar-refractivity contribution in [2.75, 3.05) is 0 Å². The fourth-order valence-corrected chi connectivity index (χ4v) is 2.92. The molecule has 0 atom stereocenters. The Kier molecular flexibility index (Phi) is 2.51. The van der Waals surface area contributed by atoms with Crippen LogP contribution in [0.5, 0.6) is 0 Å². The summed E-state index contributed by atoms with van der Waals surface area (Å²) in [6.07, 6.45) is 0. The SMILES string of the molecule is O[B]c1cccc2c1ccc1cc3ccccc3cc12. The van der Waals surface area contributed by atoms with Crippen molar-refractivity contribution in [2.45, 2.75) is 0 Å². The van der Waals surface area contributed by atoms with Gasteiger partial charge in [-0.2, -0.15) is 0 Å². The van der Waals surface area contributed by atoms with Gasteiger partial charge in [0.15, 0.2) is 0 Å². The van der Waals surface area contributed by atoms with Crippen LogP contribution in [0.4, 0.5) is 0 Å². The Bertz CT molecular complexity index is 944. The lowest BCUT2D eigenvalue weighted by atomic mass is 9.83. The summed E-state index contributed by atoms with van der Waals surface area (Å²) in [7, 11) is 1.18. The average Bonchev–Trinajstić information content (AvgIpc) is 2.52. The molecule has 1 nitrogen and oxygen atoms in total. The molecule has 1 radical (unpaired) electrons. The van der Waals surface area contributed by atoms with E-state index in [1.54, 1.807) is 0 Å². The van der Waals surface area contributed by atoms with E-state index in [2.05, 4.69) is 54.6 Å². The van der Waals surface area contributed by atoms with Gasteiger partial charge in [-0.15, -0.1) is 0 Å². The van der Waals surface area contributed by atoms with Crippen molar-refractivity contribution < 1.29 is 5.02 Å². The molecule has 93 valence electrons. The monoisotopic (exact) mass is 255 g/mol. The molecule has 20 heavy (non-hydrogen) atoms. The number of hydrogen-bond acceptors (Lipinski definition) is 1. The van der Waals surface area contributed by atoms with E-state index in [4.69, 9.17) is 0 Å². The highest BCUT2D eigenvalue weighted by Gasteiger charge is 2.06. The molecule has 0 aliphatic carbocycles. The van der Waals surface area contributed by atoms with Gasteiger partial charge < -0.3 is 5.02 Å². The van der Waals surface area contributed by atoms with Crippen LogP contribution in [0.1, 0.15) is 0 Å². The van der Waals surface area contributed by atoms with Crippen molar-refractivity contribution in [1.82, 2.24) is 0 Å². The van der Waals surface area contributed by atoms with Gasteiger partial charge in [0.25, 0.3) is 0 Å². The molecule has 0 heterocycles. The van der Waals surface area contributed by atoms with Crippen LogP contribution in [0.15, 0.2) is 66.7 Å². The maximum Gasteiger partial charge on any atom is 0.327 e. The fraction of sp³-hybridized carbons (Fsp3) is 0. The Hall–Kier alpha value is -2.32. The van der Waals surface area contributed by atoms with Gasteiger partial charge in [-0.05, 0) is 49.9 Å². The standard InChI is InChI=1S/C18H12BO/c20-19-18-7-3-6-15-16(18)9-8-14-10-12-4-1-2-5-13(12)11-17(14)15/h1-11,20H. The fourth-order valence-electron chi connectivity index (χ4n) is 2.92. The summed E-state index contributed by atoms with van der Waals surface area (Å²) < 4.78 is 0. The number of fused-ring (bicyclic) bond motifs is 4. The largest absolute Gasteiger partial charge is 0.450 e. The zero-order valence-electron chi connectivity index (χ0n) is 10.9. The quantitative estimate of drug-likeness (QED) is 0.314. The first-order valence-electron chi connectivity index (χ1n) is 6.68. The smallest absolute Gasteiger partial charge is 0.327 e. The molecule has 4 aromatic carbocycles. The first-order valence-corrected chi connectivity index (χ1v) is 6.68. The highest BCUT2D eigenvalue weighted by molar-refractivity contribution is 6.50. The van der Waals surface area contributed by atoms with Crippen LogP contribution in [-0.2, 0) is 0 Å². The van der Waals surface area contributed by atoms with Gasteiger partial charge in [-0.1, -0.05) is 54.6 Å². The summed E-state index contributed by atoms with van der Waals surface area (Å²) >= 11 is 0. The van der Waals surface area contributed by atoms with Crippen LogP contribution >= 0.6 is 0 Å². The van der Waals surface area contributed by atoms with Crippen LogP contribution in [-0.4, -0.2) is 12.5 Å². The molecule has 0 aliphatic rings. The van der Waals surface area contributed by atoms with Gasteiger partial charge in [-0.3, -0.25) is 0 Å². The van der Waals surface area contributed by atoms with Crippen molar-refractivity contribution in [3.05, 3.63) is 66.7 Å². The summed E-state index contributed by atoms with van der Waals surface area (Å²) in [5.41, 5.74) is 0.859. The molecule has 0 bridgehead atoms. The van der Waals surface area contributed by atoms with Crippen LogP contribution in [0, 0.1) is 0 Å². The molecule has 0 spiro atoms. The maximum atomic E-state index is 9.35. The van der Waals surface area contributed by atoms with Gasteiger partial charge in [0.05, 0.1) is 0 Å². The second-order valence-corrected chi connectivity index (χ2v) is 5.06. The lowest BCUT2D eigenvalue weighted by molar-refractivity contribution is 0.616. The summed E-state index contributed by atoms with van der Waals surface area (Å²) in [5.74, 6) is 0. The molecule has 0 aliphatic heterocycles. The van der Waals surface area contributed by atoms with E-state index >= 15 is 0 Å². The van der Waals surface area contributed by atoms with Crippen molar-refractivity contribution in [3.8, 4) is 0 Å². The topological polar surface area (TPSA) is 20.2 Å². The molecule has 0 amide bonds. The van der Waals surface area contributed by atoms with Gasteiger partial charge in [0.2, 0.25) is 0 Å². The first-order chi connectivity index (χ1) is 9.86. The first kappa shape index (κ1) is 11.5. The molecule has 0 fully saturated rings. The molecular weight excluding hydrogens is 243 g/mol. The molecule has 1 N–H and O–H groups in total. The van der Waals surface area contributed by atoms with Crippen LogP contribution in [0.25, 0.3) is 32.3 Å². The Labute approximate surface area is 117 Å². The Morgan fingerprint density at radius 1 is 0.600 bits per heavy atom. The minimum absolute atomic E-state index is 0.859. The van der Waals surface area contributed by atoms with E-state index in [9.17, 15) is 5.02 Å². The second-order valence-electron chi connectivity index (χ2n) is 5.06. The van der Waals surface area contributed by atoms with E-state index in [0.29, 0.717) is 0 Å². The van der Waals surface area contributed by atoms with E-state index in [1.807, 2.05) is 12.1 Å². The average molecular weight is 255 g/mol. The minimum atomic E-state index is 0.859. The Morgan fingerprint density at radius 2 is 1.40 bits per heavy atom.